The number of ether oxygens (including phenoxy) is 2. The molecule has 3 nitrogen and oxygen atoms in total. The third kappa shape index (κ3) is 1.95. The van der Waals surface area contributed by atoms with Gasteiger partial charge in [-0.05, 0) is 32.1 Å². The highest BCUT2D eigenvalue weighted by atomic mass is 16.5. The molecule has 3 aliphatic heterocycles. The molecule has 0 fully saturated rings. The van der Waals surface area contributed by atoms with Gasteiger partial charge in [0.25, 0.3) is 0 Å². The Balaban J connectivity index is 1.69. The molecule has 3 aliphatic rings. The van der Waals surface area contributed by atoms with Crippen molar-refractivity contribution in [3.63, 3.8) is 0 Å². The van der Waals surface area contributed by atoms with E-state index >= 15 is 0 Å². The summed E-state index contributed by atoms with van der Waals surface area (Å²) in [6.07, 6.45) is 3.44. The van der Waals surface area contributed by atoms with Crippen LogP contribution in [-0.4, -0.2) is 30.0 Å². The van der Waals surface area contributed by atoms with Gasteiger partial charge in [0.2, 0.25) is 5.69 Å². The number of fused-ring (bicyclic) bond motifs is 5. The molecule has 0 aromatic heterocycles. The molecular formula is C22H22NO2+. The van der Waals surface area contributed by atoms with E-state index in [2.05, 4.69) is 54.8 Å². The number of para-hydroxylation sites is 1. The Hall–Kier alpha value is -2.55. The zero-order valence-corrected chi connectivity index (χ0v) is 14.9. The Morgan fingerprint density at radius 3 is 2.84 bits per heavy atom. The van der Waals surface area contributed by atoms with Crippen LogP contribution in [0.25, 0.3) is 6.08 Å². The second-order valence-corrected chi connectivity index (χ2v) is 7.54. The van der Waals surface area contributed by atoms with Gasteiger partial charge in [0.15, 0.2) is 12.3 Å². The van der Waals surface area contributed by atoms with E-state index < -0.39 is 0 Å². The molecule has 5 rings (SSSR count). The van der Waals surface area contributed by atoms with Crippen LogP contribution in [0, 0.1) is 0 Å². The predicted octanol–water partition coefficient (Wildman–Crippen LogP) is 4.32. The maximum atomic E-state index is 6.38. The number of hydrogen-bond acceptors (Lipinski definition) is 2. The molecule has 2 aromatic carbocycles. The Labute approximate surface area is 148 Å². The average molecular weight is 332 g/mol. The molecule has 0 N–H and O–H groups in total. The van der Waals surface area contributed by atoms with Crippen LogP contribution in [0.5, 0.6) is 11.5 Å². The van der Waals surface area contributed by atoms with Crippen molar-refractivity contribution in [2.24, 2.45) is 0 Å². The monoisotopic (exact) mass is 332 g/mol. The van der Waals surface area contributed by atoms with Gasteiger partial charge in [-0.2, -0.15) is 4.58 Å². The topological polar surface area (TPSA) is 21.5 Å². The van der Waals surface area contributed by atoms with Crippen LogP contribution < -0.4 is 9.47 Å². The summed E-state index contributed by atoms with van der Waals surface area (Å²) in [6, 6.07) is 14.9. The molecule has 126 valence electrons. The summed E-state index contributed by atoms with van der Waals surface area (Å²) in [7, 11) is 1.69. The smallest absolute Gasteiger partial charge is 0.209 e. The first-order valence-electron chi connectivity index (χ1n) is 8.91. The summed E-state index contributed by atoms with van der Waals surface area (Å²) >= 11 is 0. The lowest BCUT2D eigenvalue weighted by Crippen LogP contribution is -2.42. The van der Waals surface area contributed by atoms with Gasteiger partial charge >= 0.3 is 0 Å². The number of methoxy groups -OCH3 is 1. The molecule has 1 unspecified atom stereocenters. The maximum Gasteiger partial charge on any atom is 0.209 e. The van der Waals surface area contributed by atoms with Crippen LogP contribution >= 0.6 is 0 Å². The molecule has 0 radical (unpaired) electrons. The second kappa shape index (κ2) is 4.98. The fraction of sp³-hybridized carbons (Fsp3) is 0.318. The van der Waals surface area contributed by atoms with Crippen molar-refractivity contribution < 1.29 is 14.0 Å². The molecule has 0 amide bonds. The minimum absolute atomic E-state index is 0.00553. The van der Waals surface area contributed by atoms with Gasteiger partial charge in [0.05, 0.1) is 18.1 Å². The van der Waals surface area contributed by atoms with Crippen LogP contribution in [0.4, 0.5) is 5.69 Å². The van der Waals surface area contributed by atoms with Crippen molar-refractivity contribution in [1.82, 2.24) is 0 Å². The van der Waals surface area contributed by atoms with E-state index in [4.69, 9.17) is 9.47 Å². The van der Waals surface area contributed by atoms with Crippen molar-refractivity contribution in [3.8, 4) is 11.5 Å². The third-order valence-corrected chi connectivity index (χ3v) is 5.77. The molecule has 0 saturated carbocycles. The SMILES string of the molecule is COc1ccc2c(c1)OC1CC[N+]3=C(C1=C2)C(C)(C)c1ccccc13. The standard InChI is InChI=1S/C22H22NO2/c1-22(2)17-6-4-5-7-18(17)23-11-10-19-16(21(22)23)12-14-8-9-15(24-3)13-20(14)25-19/h4-9,12-13,19H,10-11H2,1-3H3/q+1. The summed E-state index contributed by atoms with van der Waals surface area (Å²) in [4.78, 5) is 0. The molecule has 2 aromatic rings. The van der Waals surface area contributed by atoms with Gasteiger partial charge < -0.3 is 9.47 Å². The Morgan fingerprint density at radius 1 is 1.16 bits per heavy atom. The minimum Gasteiger partial charge on any atom is -0.497 e. The first-order chi connectivity index (χ1) is 12.1. The van der Waals surface area contributed by atoms with Gasteiger partial charge in [-0.1, -0.05) is 18.2 Å². The first-order valence-corrected chi connectivity index (χ1v) is 8.91. The van der Waals surface area contributed by atoms with Crippen LogP contribution in [0.15, 0.2) is 48.0 Å². The minimum atomic E-state index is -0.00553. The normalized spacial score (nSPS) is 22.2. The number of rotatable bonds is 1. The molecule has 3 heterocycles. The Kier molecular flexibility index (Phi) is 2.94. The lowest BCUT2D eigenvalue weighted by Gasteiger charge is -2.32. The van der Waals surface area contributed by atoms with E-state index in [1.165, 1.54) is 22.5 Å². The molecule has 0 bridgehead atoms. The van der Waals surface area contributed by atoms with Gasteiger partial charge in [-0.3, -0.25) is 0 Å². The second-order valence-electron chi connectivity index (χ2n) is 7.54. The van der Waals surface area contributed by atoms with Crippen molar-refractivity contribution in [3.05, 3.63) is 59.2 Å². The van der Waals surface area contributed by atoms with Gasteiger partial charge in [0.1, 0.15) is 17.6 Å². The average Bonchev–Trinajstić information content (AvgIpc) is 2.87. The fourth-order valence-electron chi connectivity index (χ4n) is 4.59. The molecule has 1 atom stereocenters. The highest BCUT2D eigenvalue weighted by Gasteiger charge is 2.51. The quantitative estimate of drug-likeness (QED) is 0.725. The maximum absolute atomic E-state index is 6.38. The molecule has 0 aliphatic carbocycles. The van der Waals surface area contributed by atoms with E-state index in [1.54, 1.807) is 7.11 Å². The lowest BCUT2D eigenvalue weighted by atomic mass is 9.76. The summed E-state index contributed by atoms with van der Waals surface area (Å²) < 4.78 is 14.2. The highest BCUT2D eigenvalue weighted by Crippen LogP contribution is 2.46. The molecule has 3 heteroatoms. The van der Waals surface area contributed by atoms with Gasteiger partial charge in [-0.25, -0.2) is 0 Å². The van der Waals surface area contributed by atoms with E-state index in [0.29, 0.717) is 0 Å². The zero-order chi connectivity index (χ0) is 17.2. The van der Waals surface area contributed by atoms with Crippen LogP contribution in [0.2, 0.25) is 0 Å². The first kappa shape index (κ1) is 14.8. The predicted molar refractivity (Wildman–Crippen MR) is 99.3 cm³/mol. The van der Waals surface area contributed by atoms with Crippen molar-refractivity contribution in [2.75, 3.05) is 13.7 Å². The molecule has 0 spiro atoms. The van der Waals surface area contributed by atoms with Crippen LogP contribution in [0.1, 0.15) is 31.4 Å². The van der Waals surface area contributed by atoms with E-state index in [0.717, 1.165) is 30.0 Å². The van der Waals surface area contributed by atoms with Crippen molar-refractivity contribution in [1.29, 1.82) is 0 Å². The Bertz CT molecular complexity index is 952. The lowest BCUT2D eigenvalue weighted by molar-refractivity contribution is -0.444. The van der Waals surface area contributed by atoms with E-state index in [1.807, 2.05) is 12.1 Å². The number of nitrogens with zero attached hydrogens (tertiary/aromatic N) is 1. The molecule has 25 heavy (non-hydrogen) atoms. The van der Waals surface area contributed by atoms with Gasteiger partial charge in [-0.15, -0.1) is 0 Å². The Morgan fingerprint density at radius 2 is 2.00 bits per heavy atom. The van der Waals surface area contributed by atoms with Crippen molar-refractivity contribution in [2.45, 2.75) is 31.8 Å². The highest BCUT2D eigenvalue weighted by molar-refractivity contribution is 6.11. The largest absolute Gasteiger partial charge is 0.497 e. The van der Waals surface area contributed by atoms with Crippen molar-refractivity contribution >= 4 is 17.5 Å². The molecule has 0 saturated heterocycles. The van der Waals surface area contributed by atoms with Gasteiger partial charge in [0, 0.05) is 29.7 Å². The summed E-state index contributed by atoms with van der Waals surface area (Å²) in [6.45, 7) is 5.65. The summed E-state index contributed by atoms with van der Waals surface area (Å²) in [5, 5.41) is 0. The number of benzene rings is 2. The summed E-state index contributed by atoms with van der Waals surface area (Å²) in [5.74, 6) is 1.77. The fourth-order valence-corrected chi connectivity index (χ4v) is 4.59. The van der Waals surface area contributed by atoms with Crippen LogP contribution in [0.3, 0.4) is 0 Å². The van der Waals surface area contributed by atoms with E-state index in [9.17, 15) is 0 Å². The molecular weight excluding hydrogens is 310 g/mol. The third-order valence-electron chi connectivity index (χ3n) is 5.77. The summed E-state index contributed by atoms with van der Waals surface area (Å²) in [5.41, 5.74) is 6.60. The zero-order valence-electron chi connectivity index (χ0n) is 14.9. The van der Waals surface area contributed by atoms with E-state index in [-0.39, 0.29) is 11.5 Å². The number of hydrogen-bond donors (Lipinski definition) is 0. The van der Waals surface area contributed by atoms with Crippen LogP contribution in [-0.2, 0) is 5.41 Å².